The molecule has 0 aliphatic carbocycles. The van der Waals surface area contributed by atoms with Gasteiger partial charge in [0.05, 0.1) is 12.1 Å². The van der Waals surface area contributed by atoms with Crippen molar-refractivity contribution in [3.8, 4) is 0 Å². The van der Waals surface area contributed by atoms with Crippen molar-refractivity contribution in [3.05, 3.63) is 17.5 Å². The summed E-state index contributed by atoms with van der Waals surface area (Å²) < 4.78 is 27.6. The van der Waals surface area contributed by atoms with Crippen molar-refractivity contribution in [1.82, 2.24) is 4.72 Å². The van der Waals surface area contributed by atoms with Crippen molar-refractivity contribution in [1.29, 1.82) is 0 Å². The van der Waals surface area contributed by atoms with Gasteiger partial charge in [0.1, 0.15) is 4.21 Å². The summed E-state index contributed by atoms with van der Waals surface area (Å²) in [6.07, 6.45) is 2.69. The highest BCUT2D eigenvalue weighted by Crippen LogP contribution is 2.21. The summed E-state index contributed by atoms with van der Waals surface area (Å²) >= 11 is 1.19. The van der Waals surface area contributed by atoms with Crippen LogP contribution in [0.15, 0.2) is 21.7 Å². The lowest BCUT2D eigenvalue weighted by Gasteiger charge is -2.28. The largest absolute Gasteiger partial charge is 0.391 e. The molecule has 0 saturated carbocycles. The first-order valence-electron chi connectivity index (χ1n) is 7.16. The highest BCUT2D eigenvalue weighted by Gasteiger charge is 2.29. The first kappa shape index (κ1) is 17.6. The number of sulfonamides is 1. The van der Waals surface area contributed by atoms with Gasteiger partial charge < -0.3 is 5.11 Å². The molecule has 0 aromatic carbocycles. The molecule has 1 heterocycles. The SMILES string of the molecule is CCCC[C@H](O)C(NS(=O)(=O)c1cccs1)[C@@H](C)CC. The van der Waals surface area contributed by atoms with Crippen LogP contribution < -0.4 is 4.72 Å². The number of aliphatic hydroxyl groups is 1. The molecule has 1 rings (SSSR count). The molecule has 1 aromatic rings. The molecule has 0 aliphatic heterocycles. The Hall–Kier alpha value is -0.430. The van der Waals surface area contributed by atoms with Gasteiger partial charge in [-0.1, -0.05) is 46.1 Å². The molecule has 0 aliphatic rings. The summed E-state index contributed by atoms with van der Waals surface area (Å²) in [5, 5.41) is 12.0. The first-order valence-corrected chi connectivity index (χ1v) is 9.52. The monoisotopic (exact) mass is 319 g/mol. The smallest absolute Gasteiger partial charge is 0.250 e. The van der Waals surface area contributed by atoms with E-state index in [-0.39, 0.29) is 5.92 Å². The van der Waals surface area contributed by atoms with E-state index in [1.807, 2.05) is 13.8 Å². The Kier molecular flexibility index (Phi) is 7.15. The van der Waals surface area contributed by atoms with E-state index < -0.39 is 22.2 Å². The number of hydrogen-bond acceptors (Lipinski definition) is 4. The number of nitrogens with one attached hydrogen (secondary N) is 1. The molecular weight excluding hydrogens is 294 g/mol. The average Bonchev–Trinajstić information content (AvgIpc) is 2.96. The standard InChI is InChI=1S/C14H25NO3S2/c1-4-6-8-12(16)14(11(3)5-2)15-20(17,18)13-9-7-10-19-13/h7,9-12,14-16H,4-6,8H2,1-3H3/t11-,12-,14?/m0/s1. The van der Waals surface area contributed by atoms with E-state index in [9.17, 15) is 13.5 Å². The molecule has 0 spiro atoms. The summed E-state index contributed by atoms with van der Waals surface area (Å²) in [4.78, 5) is 0. The van der Waals surface area contributed by atoms with Gasteiger partial charge in [-0.3, -0.25) is 0 Å². The van der Waals surface area contributed by atoms with Crippen LogP contribution in [0.3, 0.4) is 0 Å². The lowest BCUT2D eigenvalue weighted by molar-refractivity contribution is 0.101. The number of rotatable bonds is 9. The summed E-state index contributed by atoms with van der Waals surface area (Å²) in [6, 6.07) is 2.86. The van der Waals surface area contributed by atoms with Crippen molar-refractivity contribution in [3.63, 3.8) is 0 Å². The minimum Gasteiger partial charge on any atom is -0.391 e. The zero-order chi connectivity index (χ0) is 15.2. The third kappa shape index (κ3) is 4.84. The lowest BCUT2D eigenvalue weighted by Crippen LogP contribution is -2.47. The fraction of sp³-hybridized carbons (Fsp3) is 0.714. The fourth-order valence-electron chi connectivity index (χ4n) is 2.07. The Morgan fingerprint density at radius 3 is 2.60 bits per heavy atom. The zero-order valence-corrected chi connectivity index (χ0v) is 14.0. The molecule has 3 atom stereocenters. The van der Waals surface area contributed by atoms with Crippen LogP contribution in [0.4, 0.5) is 0 Å². The lowest BCUT2D eigenvalue weighted by atomic mass is 9.92. The third-order valence-electron chi connectivity index (χ3n) is 3.58. The van der Waals surface area contributed by atoms with Crippen LogP contribution in [0, 0.1) is 5.92 Å². The third-order valence-corrected chi connectivity index (χ3v) is 6.43. The number of aliphatic hydroxyl groups excluding tert-OH is 1. The van der Waals surface area contributed by atoms with Crippen molar-refractivity contribution in [2.75, 3.05) is 0 Å². The summed E-state index contributed by atoms with van der Waals surface area (Å²) in [5.41, 5.74) is 0. The van der Waals surface area contributed by atoms with Crippen LogP contribution in [0.25, 0.3) is 0 Å². The molecule has 1 unspecified atom stereocenters. The van der Waals surface area contributed by atoms with Crippen LogP contribution in [0.1, 0.15) is 46.5 Å². The number of hydrogen-bond donors (Lipinski definition) is 2. The second kappa shape index (κ2) is 8.12. The van der Waals surface area contributed by atoms with Gasteiger partial charge >= 0.3 is 0 Å². The normalized spacial score (nSPS) is 16.8. The van der Waals surface area contributed by atoms with Crippen molar-refractivity contribution in [2.24, 2.45) is 5.92 Å². The van der Waals surface area contributed by atoms with Crippen LogP contribution in [0.5, 0.6) is 0 Å². The maximum Gasteiger partial charge on any atom is 0.250 e. The Morgan fingerprint density at radius 1 is 1.40 bits per heavy atom. The summed E-state index contributed by atoms with van der Waals surface area (Å²) in [7, 11) is -3.53. The van der Waals surface area contributed by atoms with Crippen LogP contribution >= 0.6 is 11.3 Å². The predicted molar refractivity (Wildman–Crippen MR) is 83.4 cm³/mol. The van der Waals surface area contributed by atoms with Crippen molar-refractivity contribution in [2.45, 2.75) is 62.8 Å². The van der Waals surface area contributed by atoms with E-state index in [0.717, 1.165) is 19.3 Å². The highest BCUT2D eigenvalue weighted by atomic mass is 32.2. The van der Waals surface area contributed by atoms with E-state index in [0.29, 0.717) is 10.6 Å². The molecule has 0 fully saturated rings. The summed E-state index contributed by atoms with van der Waals surface area (Å²) in [6.45, 7) is 6.03. The summed E-state index contributed by atoms with van der Waals surface area (Å²) in [5.74, 6) is 0.0941. The van der Waals surface area contributed by atoms with Gasteiger partial charge in [-0.25, -0.2) is 13.1 Å². The van der Waals surface area contributed by atoms with Gasteiger partial charge in [-0.15, -0.1) is 11.3 Å². The number of thiophene rings is 1. The van der Waals surface area contributed by atoms with Crippen molar-refractivity contribution >= 4 is 21.4 Å². The molecular formula is C14H25NO3S2. The average molecular weight is 319 g/mol. The Bertz CT molecular complexity index is 471. The van der Waals surface area contributed by atoms with Crippen molar-refractivity contribution < 1.29 is 13.5 Å². The van der Waals surface area contributed by atoms with Gasteiger partial charge in [0, 0.05) is 0 Å². The predicted octanol–water partition coefficient (Wildman–Crippen LogP) is 2.99. The molecule has 0 bridgehead atoms. The van der Waals surface area contributed by atoms with E-state index in [1.54, 1.807) is 17.5 Å². The van der Waals surface area contributed by atoms with Gasteiger partial charge in [-0.2, -0.15) is 0 Å². The maximum absolute atomic E-state index is 12.3. The van der Waals surface area contributed by atoms with E-state index in [2.05, 4.69) is 11.6 Å². The molecule has 4 nitrogen and oxygen atoms in total. The maximum atomic E-state index is 12.3. The molecule has 2 N–H and O–H groups in total. The van der Waals surface area contributed by atoms with E-state index in [4.69, 9.17) is 0 Å². The van der Waals surface area contributed by atoms with Crippen LogP contribution in [-0.4, -0.2) is 25.7 Å². The minimum absolute atomic E-state index is 0.0941. The molecule has 1 aromatic heterocycles. The van der Waals surface area contributed by atoms with Crippen LogP contribution in [0.2, 0.25) is 0 Å². The molecule has 0 saturated heterocycles. The first-order chi connectivity index (χ1) is 9.42. The molecule has 116 valence electrons. The zero-order valence-electron chi connectivity index (χ0n) is 12.4. The minimum atomic E-state index is -3.53. The van der Waals surface area contributed by atoms with E-state index >= 15 is 0 Å². The second-order valence-corrected chi connectivity index (χ2v) is 8.06. The highest BCUT2D eigenvalue weighted by molar-refractivity contribution is 7.91. The Labute approximate surface area is 126 Å². The fourth-order valence-corrected chi connectivity index (χ4v) is 4.46. The van der Waals surface area contributed by atoms with Crippen LogP contribution in [-0.2, 0) is 10.0 Å². The molecule has 0 radical (unpaired) electrons. The van der Waals surface area contributed by atoms with E-state index in [1.165, 1.54) is 11.3 Å². The topological polar surface area (TPSA) is 66.4 Å². The van der Waals surface area contributed by atoms with Gasteiger partial charge in [0.15, 0.2) is 0 Å². The quantitative estimate of drug-likeness (QED) is 0.735. The Balaban J connectivity index is 2.84. The number of unbranched alkanes of at least 4 members (excludes halogenated alkanes) is 1. The van der Waals surface area contributed by atoms with Gasteiger partial charge in [0.2, 0.25) is 10.0 Å². The van der Waals surface area contributed by atoms with Gasteiger partial charge in [0.25, 0.3) is 0 Å². The molecule has 20 heavy (non-hydrogen) atoms. The Morgan fingerprint density at radius 2 is 2.10 bits per heavy atom. The van der Waals surface area contributed by atoms with Gasteiger partial charge in [-0.05, 0) is 23.8 Å². The molecule has 0 amide bonds. The second-order valence-electron chi connectivity index (χ2n) is 5.17. The molecule has 6 heteroatoms.